The van der Waals surface area contributed by atoms with Gasteiger partial charge in [0.15, 0.2) is 0 Å². The van der Waals surface area contributed by atoms with Crippen LogP contribution in [0.25, 0.3) is 0 Å². The molecular formula is C16H23N3O. The molecule has 0 aromatic carbocycles. The monoisotopic (exact) mass is 273 g/mol. The molecule has 0 amide bonds. The molecule has 2 unspecified atom stereocenters. The number of hydrogen-bond donors (Lipinski definition) is 1. The van der Waals surface area contributed by atoms with Gasteiger partial charge in [-0.3, -0.25) is 0 Å². The van der Waals surface area contributed by atoms with Crippen LogP contribution in [-0.4, -0.2) is 28.8 Å². The van der Waals surface area contributed by atoms with Gasteiger partial charge in [-0.15, -0.1) is 0 Å². The number of nitrogens with zero attached hydrogens (tertiary/aromatic N) is 2. The second-order valence-electron chi connectivity index (χ2n) is 6.96. The van der Waals surface area contributed by atoms with E-state index in [0.717, 1.165) is 38.0 Å². The Bertz CT molecular complexity index is 530. The van der Waals surface area contributed by atoms with Crippen LogP contribution in [0.4, 0.5) is 0 Å². The van der Waals surface area contributed by atoms with Crippen LogP contribution in [0.1, 0.15) is 61.3 Å². The Labute approximate surface area is 119 Å². The number of aromatic nitrogens is 2. The van der Waals surface area contributed by atoms with Crippen molar-refractivity contribution in [2.75, 3.05) is 13.2 Å². The summed E-state index contributed by atoms with van der Waals surface area (Å²) in [6.07, 6.45) is 8.23. The Hall–Kier alpha value is -0.870. The van der Waals surface area contributed by atoms with E-state index in [1.54, 1.807) is 0 Å². The average molecular weight is 273 g/mol. The van der Waals surface area contributed by atoms with Gasteiger partial charge in [-0.1, -0.05) is 0 Å². The second-order valence-corrected chi connectivity index (χ2v) is 6.96. The molecule has 2 aliphatic carbocycles. The maximum atomic E-state index is 6.10. The Morgan fingerprint density at radius 2 is 2.05 bits per heavy atom. The van der Waals surface area contributed by atoms with Gasteiger partial charge in [-0.05, 0) is 38.0 Å². The highest BCUT2D eigenvalue weighted by Gasteiger charge is 2.44. The lowest BCUT2D eigenvalue weighted by Crippen LogP contribution is -2.29. The lowest BCUT2D eigenvalue weighted by molar-refractivity contribution is 0.0739. The molecule has 108 valence electrons. The molecule has 4 aliphatic rings. The summed E-state index contributed by atoms with van der Waals surface area (Å²) < 4.78 is 8.74. The van der Waals surface area contributed by atoms with Crippen LogP contribution in [0.2, 0.25) is 0 Å². The van der Waals surface area contributed by atoms with E-state index in [0.29, 0.717) is 12.1 Å². The van der Waals surface area contributed by atoms with Gasteiger partial charge >= 0.3 is 0 Å². The molecule has 1 N–H and O–H groups in total. The van der Waals surface area contributed by atoms with Crippen LogP contribution in [0.3, 0.4) is 0 Å². The van der Waals surface area contributed by atoms with Gasteiger partial charge in [0.25, 0.3) is 0 Å². The zero-order chi connectivity index (χ0) is 13.1. The Morgan fingerprint density at radius 3 is 2.85 bits per heavy atom. The maximum Gasteiger partial charge on any atom is 0.112 e. The number of fused-ring (bicyclic) bond motifs is 1. The molecule has 5 rings (SSSR count). The van der Waals surface area contributed by atoms with Gasteiger partial charge < -0.3 is 14.6 Å². The molecule has 3 fully saturated rings. The summed E-state index contributed by atoms with van der Waals surface area (Å²) in [6, 6.07) is 0.576. The van der Waals surface area contributed by atoms with E-state index in [1.807, 2.05) is 0 Å². The van der Waals surface area contributed by atoms with Gasteiger partial charge in [-0.25, -0.2) is 4.98 Å². The molecule has 0 bridgehead atoms. The molecule has 0 spiro atoms. The first-order chi connectivity index (χ1) is 9.92. The van der Waals surface area contributed by atoms with Gasteiger partial charge in [0.05, 0.1) is 17.8 Å². The molecule has 4 nitrogen and oxygen atoms in total. The summed E-state index contributed by atoms with van der Waals surface area (Å²) in [4.78, 5) is 5.02. The van der Waals surface area contributed by atoms with Gasteiger partial charge in [0.1, 0.15) is 5.82 Å². The van der Waals surface area contributed by atoms with Crippen molar-refractivity contribution in [1.82, 2.24) is 14.9 Å². The first kappa shape index (κ1) is 11.8. The number of imidazole rings is 1. The van der Waals surface area contributed by atoms with Crippen molar-refractivity contribution >= 4 is 0 Å². The fraction of sp³-hybridized carbons (Fsp3) is 0.812. The smallest absolute Gasteiger partial charge is 0.112 e. The normalized spacial score (nSPS) is 33.4. The van der Waals surface area contributed by atoms with Crippen molar-refractivity contribution in [3.8, 4) is 0 Å². The van der Waals surface area contributed by atoms with Crippen LogP contribution >= 0.6 is 0 Å². The lowest BCUT2D eigenvalue weighted by atomic mass is 10.0. The minimum atomic E-state index is 0.473. The fourth-order valence-corrected chi connectivity index (χ4v) is 4.10. The first-order valence-electron chi connectivity index (χ1n) is 8.34. The highest BCUT2D eigenvalue weighted by atomic mass is 16.5. The molecule has 4 heteroatoms. The molecule has 0 radical (unpaired) electrons. The Kier molecular flexibility index (Phi) is 2.53. The van der Waals surface area contributed by atoms with E-state index >= 15 is 0 Å². The molecule has 1 saturated heterocycles. The van der Waals surface area contributed by atoms with Crippen molar-refractivity contribution in [3.05, 3.63) is 17.2 Å². The SMILES string of the molecule is C1Cc2c(nc(C3CC3)n2C2CCOC2C2CC2)CN1. The van der Waals surface area contributed by atoms with E-state index < -0.39 is 0 Å². The number of nitrogens with one attached hydrogen (secondary N) is 1. The fourth-order valence-electron chi connectivity index (χ4n) is 4.10. The third-order valence-corrected chi connectivity index (χ3v) is 5.42. The predicted octanol–water partition coefficient (Wildman–Crippen LogP) is 2.15. The van der Waals surface area contributed by atoms with E-state index in [1.165, 1.54) is 49.3 Å². The summed E-state index contributed by atoms with van der Waals surface area (Å²) >= 11 is 0. The van der Waals surface area contributed by atoms with Crippen molar-refractivity contribution in [2.45, 2.75) is 63.1 Å². The van der Waals surface area contributed by atoms with Crippen LogP contribution in [0.15, 0.2) is 0 Å². The van der Waals surface area contributed by atoms with Crippen molar-refractivity contribution < 1.29 is 4.74 Å². The molecule has 1 aromatic heterocycles. The lowest BCUT2D eigenvalue weighted by Gasteiger charge is -2.25. The topological polar surface area (TPSA) is 39.1 Å². The standard InChI is InChI=1S/C16H23N3O/c1-2-10(1)15-14(6-8-20-15)19-13-5-7-17-9-12(13)18-16(19)11-3-4-11/h10-11,14-15,17H,1-9H2. The third-order valence-electron chi connectivity index (χ3n) is 5.42. The third kappa shape index (κ3) is 1.77. The number of rotatable bonds is 3. The number of hydrogen-bond acceptors (Lipinski definition) is 3. The highest BCUT2D eigenvalue weighted by Crippen LogP contribution is 2.47. The van der Waals surface area contributed by atoms with Crippen molar-refractivity contribution in [3.63, 3.8) is 0 Å². The van der Waals surface area contributed by atoms with Crippen LogP contribution in [-0.2, 0) is 17.7 Å². The van der Waals surface area contributed by atoms with Crippen LogP contribution in [0.5, 0.6) is 0 Å². The Morgan fingerprint density at radius 1 is 1.15 bits per heavy atom. The molecule has 3 heterocycles. The van der Waals surface area contributed by atoms with E-state index in [2.05, 4.69) is 9.88 Å². The van der Waals surface area contributed by atoms with Gasteiger partial charge in [0.2, 0.25) is 0 Å². The summed E-state index contributed by atoms with van der Waals surface area (Å²) in [5, 5.41) is 3.47. The van der Waals surface area contributed by atoms with E-state index in [4.69, 9.17) is 9.72 Å². The predicted molar refractivity (Wildman–Crippen MR) is 75.7 cm³/mol. The molecule has 1 aromatic rings. The van der Waals surface area contributed by atoms with Crippen molar-refractivity contribution in [2.24, 2.45) is 5.92 Å². The zero-order valence-electron chi connectivity index (χ0n) is 12.0. The molecular weight excluding hydrogens is 250 g/mol. The minimum Gasteiger partial charge on any atom is -0.376 e. The van der Waals surface area contributed by atoms with E-state index in [9.17, 15) is 0 Å². The van der Waals surface area contributed by atoms with Crippen LogP contribution in [0, 0.1) is 5.92 Å². The highest BCUT2D eigenvalue weighted by molar-refractivity contribution is 5.26. The summed E-state index contributed by atoms with van der Waals surface area (Å²) in [5.41, 5.74) is 2.84. The summed E-state index contributed by atoms with van der Waals surface area (Å²) in [7, 11) is 0. The molecule has 20 heavy (non-hydrogen) atoms. The minimum absolute atomic E-state index is 0.473. The average Bonchev–Trinajstić information content (AvgIpc) is 3.40. The zero-order valence-corrected chi connectivity index (χ0v) is 12.0. The first-order valence-corrected chi connectivity index (χ1v) is 8.34. The molecule has 2 saturated carbocycles. The number of ether oxygens (including phenoxy) is 1. The largest absolute Gasteiger partial charge is 0.376 e. The quantitative estimate of drug-likeness (QED) is 0.917. The molecule has 2 aliphatic heterocycles. The maximum absolute atomic E-state index is 6.10. The van der Waals surface area contributed by atoms with Crippen molar-refractivity contribution in [1.29, 1.82) is 0 Å². The summed E-state index contributed by atoms with van der Waals surface area (Å²) in [6.45, 7) is 3.01. The van der Waals surface area contributed by atoms with Gasteiger partial charge in [0, 0.05) is 37.7 Å². The molecule has 2 atom stereocenters. The second kappa shape index (κ2) is 4.31. The van der Waals surface area contributed by atoms with Crippen LogP contribution < -0.4 is 5.32 Å². The summed E-state index contributed by atoms with van der Waals surface area (Å²) in [5.74, 6) is 2.95. The van der Waals surface area contributed by atoms with Gasteiger partial charge in [-0.2, -0.15) is 0 Å². The van der Waals surface area contributed by atoms with E-state index in [-0.39, 0.29) is 0 Å². The Balaban J connectivity index is 1.58.